The monoisotopic (exact) mass is 295 g/mol. The second-order valence-electron chi connectivity index (χ2n) is 4.22. The van der Waals surface area contributed by atoms with Crippen molar-refractivity contribution in [3.05, 3.63) is 66.0 Å². The second-order valence-corrected chi connectivity index (χ2v) is 5.94. The van der Waals surface area contributed by atoms with Crippen molar-refractivity contribution < 1.29 is 17.9 Å². The van der Waals surface area contributed by atoms with E-state index in [9.17, 15) is 17.9 Å². The molecule has 0 aliphatic heterocycles. The highest BCUT2D eigenvalue weighted by Crippen LogP contribution is 2.17. The fraction of sp³-hybridized carbons (Fsp3) is 0.143. The fourth-order valence-electron chi connectivity index (χ4n) is 1.77. The van der Waals surface area contributed by atoms with Crippen molar-refractivity contribution in [1.29, 1.82) is 0 Å². The lowest BCUT2D eigenvalue weighted by Crippen LogP contribution is -2.30. The van der Waals surface area contributed by atoms with E-state index in [2.05, 4.69) is 4.72 Å². The van der Waals surface area contributed by atoms with Gasteiger partial charge in [-0.05, 0) is 29.8 Å². The first-order valence-corrected chi connectivity index (χ1v) is 7.45. The van der Waals surface area contributed by atoms with Crippen molar-refractivity contribution >= 4 is 10.0 Å². The Morgan fingerprint density at radius 2 is 1.65 bits per heavy atom. The lowest BCUT2D eigenvalue weighted by atomic mass is 10.1. The summed E-state index contributed by atoms with van der Waals surface area (Å²) in [4.78, 5) is -0.0479. The van der Waals surface area contributed by atoms with Crippen LogP contribution in [0.4, 0.5) is 4.39 Å². The standard InChI is InChI=1S/C14H14FNO3S/c15-12-6-8-13(9-7-12)20(18,19)16-14(10-17)11-4-2-1-3-5-11/h1-9,14,16-17H,10H2. The zero-order valence-corrected chi connectivity index (χ0v) is 11.3. The third-order valence-electron chi connectivity index (χ3n) is 2.81. The molecule has 0 aliphatic carbocycles. The molecular formula is C14H14FNO3S. The normalized spacial score (nSPS) is 13.1. The summed E-state index contributed by atoms with van der Waals surface area (Å²) in [5.74, 6) is -0.509. The van der Waals surface area contributed by atoms with E-state index in [4.69, 9.17) is 0 Å². The maximum Gasteiger partial charge on any atom is 0.241 e. The van der Waals surface area contributed by atoms with Gasteiger partial charge in [0, 0.05) is 0 Å². The van der Waals surface area contributed by atoms with Gasteiger partial charge < -0.3 is 5.11 Å². The Bertz CT molecular complexity index is 657. The molecule has 0 radical (unpaired) electrons. The molecule has 2 aromatic carbocycles. The van der Waals surface area contributed by atoms with Crippen LogP contribution >= 0.6 is 0 Å². The van der Waals surface area contributed by atoms with Crippen molar-refractivity contribution in [1.82, 2.24) is 4.72 Å². The zero-order chi connectivity index (χ0) is 14.6. The van der Waals surface area contributed by atoms with Gasteiger partial charge in [-0.1, -0.05) is 30.3 Å². The van der Waals surface area contributed by atoms with E-state index < -0.39 is 21.9 Å². The predicted molar refractivity (Wildman–Crippen MR) is 73.0 cm³/mol. The maximum absolute atomic E-state index is 12.8. The van der Waals surface area contributed by atoms with Gasteiger partial charge in [-0.15, -0.1) is 0 Å². The lowest BCUT2D eigenvalue weighted by molar-refractivity contribution is 0.259. The summed E-state index contributed by atoms with van der Waals surface area (Å²) < 4.78 is 39.5. The molecule has 0 saturated heterocycles. The molecule has 2 N–H and O–H groups in total. The number of aliphatic hydroxyl groups excluding tert-OH is 1. The highest BCUT2D eigenvalue weighted by atomic mass is 32.2. The lowest BCUT2D eigenvalue weighted by Gasteiger charge is -2.16. The zero-order valence-electron chi connectivity index (χ0n) is 10.5. The van der Waals surface area contributed by atoms with Gasteiger partial charge in [-0.25, -0.2) is 17.5 Å². The summed E-state index contributed by atoms with van der Waals surface area (Å²) in [6.07, 6.45) is 0. The van der Waals surface area contributed by atoms with Crippen LogP contribution in [0.15, 0.2) is 59.5 Å². The number of sulfonamides is 1. The summed E-state index contributed by atoms with van der Waals surface area (Å²) in [7, 11) is -3.81. The fourth-order valence-corrected chi connectivity index (χ4v) is 2.98. The quantitative estimate of drug-likeness (QED) is 0.884. The molecule has 0 bridgehead atoms. The Hall–Kier alpha value is -1.76. The van der Waals surface area contributed by atoms with Gasteiger partial charge in [0.15, 0.2) is 0 Å². The van der Waals surface area contributed by atoms with Gasteiger partial charge in [0.25, 0.3) is 0 Å². The smallest absolute Gasteiger partial charge is 0.241 e. The molecule has 0 heterocycles. The molecule has 2 aromatic rings. The first-order chi connectivity index (χ1) is 9.53. The average Bonchev–Trinajstić information content (AvgIpc) is 2.46. The van der Waals surface area contributed by atoms with E-state index in [1.807, 2.05) is 0 Å². The average molecular weight is 295 g/mol. The Kier molecular flexibility index (Phi) is 4.49. The van der Waals surface area contributed by atoms with E-state index in [0.29, 0.717) is 5.56 Å². The SMILES string of the molecule is O=S(=O)(NC(CO)c1ccccc1)c1ccc(F)cc1. The molecule has 0 saturated carbocycles. The summed E-state index contributed by atoms with van der Waals surface area (Å²) >= 11 is 0. The molecule has 0 fully saturated rings. The third-order valence-corrected chi connectivity index (χ3v) is 4.29. The first kappa shape index (κ1) is 14.6. The second kappa shape index (κ2) is 6.13. The number of hydrogen-bond acceptors (Lipinski definition) is 3. The van der Waals surface area contributed by atoms with Crippen molar-refractivity contribution in [2.75, 3.05) is 6.61 Å². The minimum atomic E-state index is -3.81. The van der Waals surface area contributed by atoms with Crippen molar-refractivity contribution in [3.63, 3.8) is 0 Å². The molecule has 0 amide bonds. The molecule has 20 heavy (non-hydrogen) atoms. The predicted octanol–water partition coefficient (Wildman–Crippen LogP) is 1.84. The van der Waals surface area contributed by atoms with E-state index in [1.54, 1.807) is 30.3 Å². The van der Waals surface area contributed by atoms with Crippen molar-refractivity contribution in [2.45, 2.75) is 10.9 Å². The van der Waals surface area contributed by atoms with Crippen LogP contribution in [0.5, 0.6) is 0 Å². The van der Waals surface area contributed by atoms with Crippen LogP contribution in [-0.2, 0) is 10.0 Å². The van der Waals surface area contributed by atoms with Crippen molar-refractivity contribution in [2.24, 2.45) is 0 Å². The molecule has 106 valence electrons. The topological polar surface area (TPSA) is 66.4 Å². The van der Waals surface area contributed by atoms with Gasteiger partial charge in [-0.3, -0.25) is 0 Å². The van der Waals surface area contributed by atoms with Gasteiger partial charge in [-0.2, -0.15) is 0 Å². The Morgan fingerprint density at radius 1 is 1.05 bits per heavy atom. The molecular weight excluding hydrogens is 281 g/mol. The number of nitrogens with one attached hydrogen (secondary N) is 1. The van der Waals surface area contributed by atoms with Gasteiger partial charge in [0.05, 0.1) is 17.5 Å². The summed E-state index contributed by atoms with van der Waals surface area (Å²) in [5.41, 5.74) is 0.653. The van der Waals surface area contributed by atoms with E-state index in [0.717, 1.165) is 12.1 Å². The van der Waals surface area contributed by atoms with E-state index in [-0.39, 0.29) is 11.5 Å². The number of halogens is 1. The summed E-state index contributed by atoms with van der Waals surface area (Å²) in [5, 5.41) is 9.35. The minimum Gasteiger partial charge on any atom is -0.394 e. The molecule has 4 nitrogen and oxygen atoms in total. The Morgan fingerprint density at radius 3 is 2.20 bits per heavy atom. The van der Waals surface area contributed by atoms with E-state index in [1.165, 1.54) is 12.1 Å². The molecule has 2 rings (SSSR count). The third kappa shape index (κ3) is 3.41. The number of benzene rings is 2. The van der Waals surface area contributed by atoms with Crippen LogP contribution < -0.4 is 4.72 Å². The van der Waals surface area contributed by atoms with Crippen LogP contribution in [0.25, 0.3) is 0 Å². The molecule has 1 atom stereocenters. The largest absolute Gasteiger partial charge is 0.394 e. The van der Waals surface area contributed by atoms with Crippen LogP contribution in [0.1, 0.15) is 11.6 Å². The maximum atomic E-state index is 12.8. The molecule has 0 spiro atoms. The first-order valence-electron chi connectivity index (χ1n) is 5.96. The summed E-state index contributed by atoms with van der Waals surface area (Å²) in [6.45, 7) is -0.371. The Labute approximate surface area is 116 Å². The highest BCUT2D eigenvalue weighted by Gasteiger charge is 2.20. The Balaban J connectivity index is 2.24. The minimum absolute atomic E-state index is 0.0479. The number of rotatable bonds is 5. The molecule has 6 heteroatoms. The van der Waals surface area contributed by atoms with Crippen LogP contribution in [0, 0.1) is 5.82 Å². The number of hydrogen-bond donors (Lipinski definition) is 2. The van der Waals surface area contributed by atoms with Gasteiger partial charge in [0.2, 0.25) is 10.0 Å². The van der Waals surface area contributed by atoms with Crippen LogP contribution in [0.2, 0.25) is 0 Å². The van der Waals surface area contributed by atoms with Crippen LogP contribution in [0.3, 0.4) is 0 Å². The molecule has 0 aliphatic rings. The van der Waals surface area contributed by atoms with Crippen LogP contribution in [-0.4, -0.2) is 20.1 Å². The number of aliphatic hydroxyl groups is 1. The summed E-state index contributed by atoms with van der Waals surface area (Å²) in [6, 6.07) is 12.5. The highest BCUT2D eigenvalue weighted by molar-refractivity contribution is 7.89. The van der Waals surface area contributed by atoms with Gasteiger partial charge in [0.1, 0.15) is 5.82 Å². The molecule has 1 unspecified atom stereocenters. The molecule has 0 aromatic heterocycles. The van der Waals surface area contributed by atoms with Gasteiger partial charge >= 0.3 is 0 Å². The van der Waals surface area contributed by atoms with E-state index >= 15 is 0 Å². The van der Waals surface area contributed by atoms with Crippen molar-refractivity contribution in [3.8, 4) is 0 Å².